The van der Waals surface area contributed by atoms with Crippen LogP contribution in [-0.2, 0) is 9.53 Å². The van der Waals surface area contributed by atoms with Gasteiger partial charge in [0.05, 0.1) is 0 Å². The highest BCUT2D eigenvalue weighted by atomic mass is 16.6. The monoisotopic (exact) mass is 231 g/mol. The van der Waals surface area contributed by atoms with Crippen LogP contribution in [-0.4, -0.2) is 18.1 Å². The zero-order valence-corrected chi connectivity index (χ0v) is 9.76. The quantitative estimate of drug-likeness (QED) is 0.810. The van der Waals surface area contributed by atoms with Crippen LogP contribution in [0.15, 0.2) is 30.3 Å². The Bertz CT molecular complexity index is 398. The molecule has 2 aliphatic rings. The van der Waals surface area contributed by atoms with Gasteiger partial charge in [-0.25, -0.2) is 0 Å². The van der Waals surface area contributed by atoms with E-state index in [2.05, 4.69) is 5.32 Å². The molecule has 1 N–H and O–H groups in total. The van der Waals surface area contributed by atoms with E-state index in [0.717, 1.165) is 18.4 Å². The number of benzene rings is 1. The molecule has 1 aromatic carbocycles. The van der Waals surface area contributed by atoms with Crippen LogP contribution in [0.4, 0.5) is 0 Å². The molecule has 90 valence electrons. The molecule has 3 rings (SSSR count). The van der Waals surface area contributed by atoms with E-state index < -0.39 is 0 Å². The van der Waals surface area contributed by atoms with Gasteiger partial charge in [0.15, 0.2) is 6.10 Å². The summed E-state index contributed by atoms with van der Waals surface area (Å²) in [5.41, 5.74) is 1.10. The minimum atomic E-state index is -0.266. The van der Waals surface area contributed by atoms with Crippen molar-refractivity contribution in [1.29, 1.82) is 0 Å². The summed E-state index contributed by atoms with van der Waals surface area (Å²) in [5, 5.41) is 3.08. The summed E-state index contributed by atoms with van der Waals surface area (Å²) in [7, 11) is 0. The summed E-state index contributed by atoms with van der Waals surface area (Å²) in [4.78, 5) is 11.9. The number of carbonyl (C=O) groups excluding carboxylic acids is 1. The summed E-state index contributed by atoms with van der Waals surface area (Å²) in [5.74, 6) is 0.0609. The Morgan fingerprint density at radius 3 is 2.59 bits per heavy atom. The third-order valence-electron chi connectivity index (χ3n) is 3.58. The van der Waals surface area contributed by atoms with Gasteiger partial charge in [-0.3, -0.25) is 4.79 Å². The molecule has 2 fully saturated rings. The molecule has 0 unspecified atom stereocenters. The lowest BCUT2D eigenvalue weighted by Gasteiger charge is -2.10. The van der Waals surface area contributed by atoms with E-state index in [9.17, 15) is 4.79 Å². The second kappa shape index (κ2) is 4.49. The van der Waals surface area contributed by atoms with E-state index in [4.69, 9.17) is 4.74 Å². The molecule has 0 aromatic heterocycles. The van der Waals surface area contributed by atoms with Crippen molar-refractivity contribution in [2.75, 3.05) is 0 Å². The van der Waals surface area contributed by atoms with Crippen LogP contribution in [0.2, 0.25) is 0 Å². The maximum Gasteiger partial charge on any atom is 0.252 e. The molecule has 0 radical (unpaired) electrons. The second-order valence-corrected chi connectivity index (χ2v) is 4.88. The summed E-state index contributed by atoms with van der Waals surface area (Å²) >= 11 is 0. The molecule has 1 amide bonds. The van der Waals surface area contributed by atoms with Gasteiger partial charge in [0, 0.05) is 6.04 Å². The first-order chi connectivity index (χ1) is 8.34. The lowest BCUT2D eigenvalue weighted by atomic mass is 10.1. The highest BCUT2D eigenvalue weighted by Crippen LogP contribution is 2.38. The van der Waals surface area contributed by atoms with E-state index in [1.54, 1.807) is 0 Å². The van der Waals surface area contributed by atoms with Crippen LogP contribution in [0, 0.1) is 0 Å². The Labute approximate surface area is 101 Å². The van der Waals surface area contributed by atoms with Crippen LogP contribution in [0.1, 0.15) is 37.4 Å². The highest BCUT2D eigenvalue weighted by molar-refractivity contribution is 5.84. The summed E-state index contributed by atoms with van der Waals surface area (Å²) in [6.45, 7) is 0. The fraction of sp³-hybridized carbons (Fsp3) is 0.500. The molecule has 1 aromatic rings. The zero-order chi connectivity index (χ0) is 11.7. The smallest absolute Gasteiger partial charge is 0.252 e. The van der Waals surface area contributed by atoms with Crippen molar-refractivity contribution >= 4 is 5.91 Å². The number of amides is 1. The van der Waals surface area contributed by atoms with E-state index in [-0.39, 0.29) is 18.1 Å². The van der Waals surface area contributed by atoms with Crippen LogP contribution in [0.5, 0.6) is 0 Å². The minimum absolute atomic E-state index is 0.0300. The lowest BCUT2D eigenvalue weighted by Crippen LogP contribution is -2.35. The van der Waals surface area contributed by atoms with Gasteiger partial charge >= 0.3 is 0 Å². The van der Waals surface area contributed by atoms with Crippen molar-refractivity contribution in [3.8, 4) is 0 Å². The topological polar surface area (TPSA) is 41.6 Å². The standard InChI is InChI=1S/C14H17NO2/c16-14(15-11-8-4-5-9-11)13-12(17-13)10-6-2-1-3-7-10/h1-3,6-7,11-13H,4-5,8-9H2,(H,15,16)/t12-,13+/m0/s1. The fourth-order valence-corrected chi connectivity index (χ4v) is 2.56. The fourth-order valence-electron chi connectivity index (χ4n) is 2.56. The van der Waals surface area contributed by atoms with E-state index in [1.807, 2.05) is 30.3 Å². The molecule has 1 aliphatic carbocycles. The van der Waals surface area contributed by atoms with Crippen LogP contribution in [0.3, 0.4) is 0 Å². The zero-order valence-electron chi connectivity index (χ0n) is 9.76. The number of nitrogens with one attached hydrogen (secondary N) is 1. The molecule has 17 heavy (non-hydrogen) atoms. The van der Waals surface area contributed by atoms with E-state index in [1.165, 1.54) is 12.8 Å². The Hall–Kier alpha value is -1.35. The van der Waals surface area contributed by atoms with Gasteiger partial charge in [-0.2, -0.15) is 0 Å². The normalized spacial score (nSPS) is 28.0. The van der Waals surface area contributed by atoms with Crippen molar-refractivity contribution in [3.05, 3.63) is 35.9 Å². The molecule has 0 spiro atoms. The molecule has 1 saturated carbocycles. The van der Waals surface area contributed by atoms with Crippen molar-refractivity contribution in [1.82, 2.24) is 5.32 Å². The van der Waals surface area contributed by atoms with Crippen LogP contribution in [0.25, 0.3) is 0 Å². The molecule has 1 aliphatic heterocycles. The van der Waals surface area contributed by atoms with Gasteiger partial charge in [-0.05, 0) is 18.4 Å². The molecule has 1 heterocycles. The average Bonchev–Trinajstić information content (AvgIpc) is 3.02. The third kappa shape index (κ3) is 2.34. The Morgan fingerprint density at radius 2 is 1.88 bits per heavy atom. The number of hydrogen-bond acceptors (Lipinski definition) is 2. The predicted octanol–water partition coefficient (Wildman–Crippen LogP) is 2.19. The summed E-state index contributed by atoms with van der Waals surface area (Å²) < 4.78 is 5.46. The number of ether oxygens (including phenoxy) is 1. The first kappa shape index (κ1) is 10.8. The SMILES string of the molecule is O=C(NC1CCCC1)[C@@H]1O[C@H]1c1ccccc1. The molecular weight excluding hydrogens is 214 g/mol. The number of carbonyl (C=O) groups is 1. The maximum absolute atomic E-state index is 11.9. The summed E-state index contributed by atoms with van der Waals surface area (Å²) in [6.07, 6.45) is 4.41. The van der Waals surface area contributed by atoms with Gasteiger partial charge in [-0.15, -0.1) is 0 Å². The van der Waals surface area contributed by atoms with Gasteiger partial charge in [-0.1, -0.05) is 43.2 Å². The molecule has 1 saturated heterocycles. The van der Waals surface area contributed by atoms with E-state index in [0.29, 0.717) is 6.04 Å². The molecule has 3 nitrogen and oxygen atoms in total. The Kier molecular flexibility index (Phi) is 2.85. The lowest BCUT2D eigenvalue weighted by molar-refractivity contribution is -0.122. The van der Waals surface area contributed by atoms with Crippen LogP contribution >= 0.6 is 0 Å². The highest BCUT2D eigenvalue weighted by Gasteiger charge is 2.46. The molecule has 2 atom stereocenters. The van der Waals surface area contributed by atoms with Crippen molar-refractivity contribution in [2.45, 2.75) is 43.9 Å². The largest absolute Gasteiger partial charge is 0.354 e. The maximum atomic E-state index is 11.9. The first-order valence-corrected chi connectivity index (χ1v) is 6.35. The number of epoxide rings is 1. The minimum Gasteiger partial charge on any atom is -0.354 e. The number of rotatable bonds is 3. The van der Waals surface area contributed by atoms with Gasteiger partial charge in [0.2, 0.25) is 0 Å². The van der Waals surface area contributed by atoms with Gasteiger partial charge in [0.25, 0.3) is 5.91 Å². The van der Waals surface area contributed by atoms with Crippen LogP contribution < -0.4 is 5.32 Å². The van der Waals surface area contributed by atoms with Gasteiger partial charge < -0.3 is 10.1 Å². The predicted molar refractivity (Wildman–Crippen MR) is 64.5 cm³/mol. The summed E-state index contributed by atoms with van der Waals surface area (Å²) in [6, 6.07) is 10.3. The molecule has 0 bridgehead atoms. The van der Waals surface area contributed by atoms with Crippen molar-refractivity contribution < 1.29 is 9.53 Å². The second-order valence-electron chi connectivity index (χ2n) is 4.88. The number of hydrogen-bond donors (Lipinski definition) is 1. The first-order valence-electron chi connectivity index (χ1n) is 6.35. The van der Waals surface area contributed by atoms with Crippen molar-refractivity contribution in [2.24, 2.45) is 0 Å². The third-order valence-corrected chi connectivity index (χ3v) is 3.58. The molecular formula is C14H17NO2. The van der Waals surface area contributed by atoms with Gasteiger partial charge in [0.1, 0.15) is 6.10 Å². The Morgan fingerprint density at radius 1 is 1.18 bits per heavy atom. The Balaban J connectivity index is 1.55. The molecule has 3 heteroatoms. The van der Waals surface area contributed by atoms with E-state index >= 15 is 0 Å². The van der Waals surface area contributed by atoms with Crippen molar-refractivity contribution in [3.63, 3.8) is 0 Å². The average molecular weight is 231 g/mol.